The maximum atomic E-state index is 12.7. The summed E-state index contributed by atoms with van der Waals surface area (Å²) >= 11 is 1.62. The second-order valence-corrected chi connectivity index (χ2v) is 7.69. The van der Waals surface area contributed by atoms with Gasteiger partial charge < -0.3 is 10.4 Å². The average molecular weight is 390 g/mol. The maximum Gasteiger partial charge on any atom is 0.305 e. The zero-order valence-electron chi connectivity index (χ0n) is 16.4. The Morgan fingerprint density at radius 1 is 1.26 bits per heavy atom. The van der Waals surface area contributed by atoms with Gasteiger partial charge in [0.1, 0.15) is 0 Å². The number of carboxylic acid groups (broad SMARTS) is 1. The largest absolute Gasteiger partial charge is 0.481 e. The van der Waals surface area contributed by atoms with E-state index in [9.17, 15) is 14.7 Å². The van der Waals surface area contributed by atoms with Gasteiger partial charge in [0.25, 0.3) is 0 Å². The van der Waals surface area contributed by atoms with E-state index in [1.54, 1.807) is 11.8 Å². The van der Waals surface area contributed by atoms with Gasteiger partial charge in [-0.2, -0.15) is 5.10 Å². The first-order valence-corrected chi connectivity index (χ1v) is 10.1. The van der Waals surface area contributed by atoms with Crippen molar-refractivity contribution in [3.8, 4) is 0 Å². The molecule has 1 heterocycles. The molecule has 1 amide bonds. The number of benzene rings is 1. The third-order valence-electron chi connectivity index (χ3n) is 4.83. The lowest BCUT2D eigenvalue weighted by Gasteiger charge is -2.20. The molecule has 0 aliphatic heterocycles. The van der Waals surface area contributed by atoms with E-state index in [0.717, 1.165) is 27.4 Å². The highest BCUT2D eigenvalue weighted by molar-refractivity contribution is 7.98. The summed E-state index contributed by atoms with van der Waals surface area (Å²) in [5.41, 5.74) is 3.83. The summed E-state index contributed by atoms with van der Waals surface area (Å²) < 4.78 is 1.82. The van der Waals surface area contributed by atoms with Crippen molar-refractivity contribution in [2.45, 2.75) is 44.6 Å². The molecule has 1 aromatic carbocycles. The van der Waals surface area contributed by atoms with Crippen LogP contribution < -0.4 is 5.32 Å². The first-order chi connectivity index (χ1) is 12.7. The molecule has 1 aromatic heterocycles. The first kappa shape index (κ1) is 21.0. The lowest BCUT2D eigenvalue weighted by Crippen LogP contribution is -2.35. The Bertz CT molecular complexity index is 815. The monoisotopic (exact) mass is 389 g/mol. The SMILES string of the molecule is CSc1ccc(C(CC(=O)O)NC(=O)C(C)Cc2c(C)nn(C)c2C)cc1. The van der Waals surface area contributed by atoms with E-state index in [1.165, 1.54) is 0 Å². The third kappa shape index (κ3) is 5.35. The molecule has 2 atom stereocenters. The van der Waals surface area contributed by atoms with Crippen molar-refractivity contribution in [3.63, 3.8) is 0 Å². The van der Waals surface area contributed by atoms with Gasteiger partial charge in [-0.25, -0.2) is 0 Å². The van der Waals surface area contributed by atoms with E-state index in [4.69, 9.17) is 0 Å². The third-order valence-corrected chi connectivity index (χ3v) is 5.57. The van der Waals surface area contributed by atoms with Crippen LogP contribution >= 0.6 is 11.8 Å². The number of aryl methyl sites for hydroxylation is 2. The number of hydrogen-bond donors (Lipinski definition) is 2. The van der Waals surface area contributed by atoms with Crippen LogP contribution in [-0.4, -0.2) is 33.0 Å². The predicted octanol–water partition coefficient (Wildman–Crippen LogP) is 3.27. The molecule has 2 unspecified atom stereocenters. The number of rotatable bonds is 8. The molecular formula is C20H27N3O3S. The number of aliphatic carboxylic acids is 1. The van der Waals surface area contributed by atoms with Crippen molar-refractivity contribution >= 4 is 23.6 Å². The van der Waals surface area contributed by atoms with Crippen molar-refractivity contribution in [1.82, 2.24) is 15.1 Å². The van der Waals surface area contributed by atoms with Gasteiger partial charge in [-0.15, -0.1) is 11.8 Å². The van der Waals surface area contributed by atoms with Crippen LogP contribution in [0.3, 0.4) is 0 Å². The van der Waals surface area contributed by atoms with Crippen LogP contribution in [-0.2, 0) is 23.1 Å². The average Bonchev–Trinajstić information content (AvgIpc) is 2.86. The Labute approximate surface area is 164 Å². The van der Waals surface area contributed by atoms with E-state index in [2.05, 4.69) is 10.4 Å². The van der Waals surface area contributed by atoms with E-state index < -0.39 is 12.0 Å². The Balaban J connectivity index is 2.13. The molecule has 0 radical (unpaired) electrons. The minimum atomic E-state index is -0.944. The number of amides is 1. The normalized spacial score (nSPS) is 13.2. The molecular weight excluding hydrogens is 362 g/mol. The fourth-order valence-corrected chi connectivity index (χ4v) is 3.50. The Morgan fingerprint density at radius 3 is 2.37 bits per heavy atom. The highest BCUT2D eigenvalue weighted by Crippen LogP contribution is 2.23. The standard InChI is InChI=1S/C20H27N3O3S/c1-12(10-17-13(2)22-23(4)14(17)3)20(26)21-18(11-19(24)25)15-6-8-16(27-5)9-7-15/h6-9,12,18H,10-11H2,1-5H3,(H,21,26)(H,24,25). The Morgan fingerprint density at radius 2 is 1.89 bits per heavy atom. The summed E-state index contributed by atoms with van der Waals surface area (Å²) in [6.45, 7) is 5.78. The molecule has 0 bridgehead atoms. The molecule has 27 heavy (non-hydrogen) atoms. The molecule has 2 aromatic rings. The number of carboxylic acids is 1. The molecule has 2 N–H and O–H groups in total. The maximum absolute atomic E-state index is 12.7. The van der Waals surface area contributed by atoms with E-state index >= 15 is 0 Å². The smallest absolute Gasteiger partial charge is 0.305 e. The summed E-state index contributed by atoms with van der Waals surface area (Å²) in [6, 6.07) is 7.07. The molecule has 2 rings (SSSR count). The highest BCUT2D eigenvalue weighted by Gasteiger charge is 2.23. The van der Waals surface area contributed by atoms with Crippen LogP contribution in [0.5, 0.6) is 0 Å². The van der Waals surface area contributed by atoms with E-state index in [1.807, 2.05) is 63.0 Å². The zero-order chi connectivity index (χ0) is 20.1. The summed E-state index contributed by atoms with van der Waals surface area (Å²) in [5, 5.41) is 16.5. The second-order valence-electron chi connectivity index (χ2n) is 6.81. The molecule has 0 saturated heterocycles. The number of carbonyl (C=O) groups is 2. The van der Waals surface area contributed by atoms with E-state index in [0.29, 0.717) is 6.42 Å². The zero-order valence-corrected chi connectivity index (χ0v) is 17.3. The topological polar surface area (TPSA) is 84.2 Å². The fourth-order valence-electron chi connectivity index (χ4n) is 3.09. The van der Waals surface area contributed by atoms with Gasteiger partial charge in [0, 0.05) is 23.6 Å². The van der Waals surface area contributed by atoms with Crippen molar-refractivity contribution in [3.05, 3.63) is 46.8 Å². The lowest BCUT2D eigenvalue weighted by molar-refractivity contribution is -0.137. The van der Waals surface area contributed by atoms with Gasteiger partial charge in [0.15, 0.2) is 0 Å². The number of carbonyl (C=O) groups excluding carboxylic acids is 1. The van der Waals surface area contributed by atoms with Gasteiger partial charge in [0.05, 0.1) is 18.2 Å². The van der Waals surface area contributed by atoms with Gasteiger partial charge in [-0.1, -0.05) is 19.1 Å². The molecule has 146 valence electrons. The first-order valence-electron chi connectivity index (χ1n) is 8.88. The van der Waals surface area contributed by atoms with Crippen LogP contribution in [0, 0.1) is 19.8 Å². The van der Waals surface area contributed by atoms with Crippen LogP contribution in [0.2, 0.25) is 0 Å². The van der Waals surface area contributed by atoms with Crippen LogP contribution in [0.25, 0.3) is 0 Å². The van der Waals surface area contributed by atoms with Crippen molar-refractivity contribution in [1.29, 1.82) is 0 Å². The number of hydrogen-bond acceptors (Lipinski definition) is 4. The number of thioether (sulfide) groups is 1. The van der Waals surface area contributed by atoms with Crippen LogP contribution in [0.1, 0.15) is 41.9 Å². The minimum Gasteiger partial charge on any atom is -0.481 e. The summed E-state index contributed by atoms with van der Waals surface area (Å²) in [5.74, 6) is -1.38. The van der Waals surface area contributed by atoms with Crippen molar-refractivity contribution < 1.29 is 14.7 Å². The Kier molecular flexibility index (Phi) is 7.07. The lowest BCUT2D eigenvalue weighted by atomic mass is 9.97. The molecule has 6 nitrogen and oxygen atoms in total. The van der Waals surface area contributed by atoms with Crippen molar-refractivity contribution in [2.75, 3.05) is 6.26 Å². The van der Waals surface area contributed by atoms with Gasteiger partial charge >= 0.3 is 5.97 Å². The van der Waals surface area contributed by atoms with Crippen molar-refractivity contribution in [2.24, 2.45) is 13.0 Å². The van der Waals surface area contributed by atoms with Crippen LogP contribution in [0.15, 0.2) is 29.2 Å². The Hall–Kier alpha value is -2.28. The highest BCUT2D eigenvalue weighted by atomic mass is 32.2. The molecule has 0 aliphatic carbocycles. The fraction of sp³-hybridized carbons (Fsp3) is 0.450. The summed E-state index contributed by atoms with van der Waals surface area (Å²) in [6.07, 6.45) is 2.40. The number of aromatic nitrogens is 2. The molecule has 0 spiro atoms. The van der Waals surface area contributed by atoms with Gasteiger partial charge in [-0.3, -0.25) is 14.3 Å². The van der Waals surface area contributed by atoms with E-state index in [-0.39, 0.29) is 18.2 Å². The number of nitrogens with zero attached hydrogens (tertiary/aromatic N) is 2. The molecule has 0 fully saturated rings. The summed E-state index contributed by atoms with van der Waals surface area (Å²) in [4.78, 5) is 25.1. The minimum absolute atomic E-state index is 0.151. The van der Waals surface area contributed by atoms with Crippen LogP contribution in [0.4, 0.5) is 0 Å². The number of nitrogens with one attached hydrogen (secondary N) is 1. The molecule has 7 heteroatoms. The molecule has 0 saturated carbocycles. The van der Waals surface area contributed by atoms with Gasteiger partial charge in [-0.05, 0) is 49.8 Å². The second kappa shape index (κ2) is 9.08. The quantitative estimate of drug-likeness (QED) is 0.677. The van der Waals surface area contributed by atoms with Gasteiger partial charge in [0.2, 0.25) is 5.91 Å². The molecule has 0 aliphatic rings. The predicted molar refractivity (Wildman–Crippen MR) is 107 cm³/mol. The summed E-state index contributed by atoms with van der Waals surface area (Å²) in [7, 11) is 1.89.